The van der Waals surface area contributed by atoms with Crippen LogP contribution in [-0.4, -0.2) is 17.4 Å². The lowest BCUT2D eigenvalue weighted by molar-refractivity contribution is -0.113. The predicted molar refractivity (Wildman–Crippen MR) is 62.6 cm³/mol. The number of hydrogen-bond donors (Lipinski definition) is 1. The molecule has 2 nitrogen and oxygen atoms in total. The average molecular weight is 207 g/mol. The van der Waals surface area contributed by atoms with Crippen molar-refractivity contribution in [2.24, 2.45) is 0 Å². The van der Waals surface area contributed by atoms with Crippen LogP contribution in [0.4, 0.5) is 5.69 Å². The maximum absolute atomic E-state index is 11.3. The molecule has 14 heavy (non-hydrogen) atoms. The lowest BCUT2D eigenvalue weighted by Gasteiger charge is -2.03. The van der Waals surface area contributed by atoms with Gasteiger partial charge in [0.25, 0.3) is 0 Å². The first-order chi connectivity index (χ1) is 6.83. The molecular weight excluding hydrogens is 194 g/mol. The number of benzene rings is 1. The van der Waals surface area contributed by atoms with Crippen LogP contribution < -0.4 is 5.32 Å². The zero-order valence-corrected chi connectivity index (χ0v) is 8.72. The fourth-order valence-corrected chi connectivity index (χ4v) is 1.50. The highest BCUT2D eigenvalue weighted by molar-refractivity contribution is 8.00. The number of nitrogens with one attached hydrogen (secondary N) is 1. The summed E-state index contributed by atoms with van der Waals surface area (Å²) in [6.07, 6.45) is 1.79. The van der Waals surface area contributed by atoms with Crippen molar-refractivity contribution in [1.29, 1.82) is 0 Å². The third-order valence-corrected chi connectivity index (χ3v) is 2.46. The van der Waals surface area contributed by atoms with E-state index >= 15 is 0 Å². The Morgan fingerprint density at radius 3 is 2.79 bits per heavy atom. The Kier molecular flexibility index (Phi) is 4.86. The van der Waals surface area contributed by atoms with E-state index in [2.05, 4.69) is 11.9 Å². The smallest absolute Gasteiger partial charge is 0.234 e. The van der Waals surface area contributed by atoms with Gasteiger partial charge >= 0.3 is 0 Å². The van der Waals surface area contributed by atoms with Gasteiger partial charge in [0.15, 0.2) is 0 Å². The number of amides is 1. The number of carbonyl (C=O) groups is 1. The summed E-state index contributed by atoms with van der Waals surface area (Å²) in [5.74, 6) is 1.31. The normalized spacial score (nSPS) is 9.43. The minimum absolute atomic E-state index is 0.0306. The molecule has 0 aliphatic rings. The van der Waals surface area contributed by atoms with Gasteiger partial charge in [-0.1, -0.05) is 24.3 Å². The second-order valence-electron chi connectivity index (χ2n) is 2.72. The summed E-state index contributed by atoms with van der Waals surface area (Å²) in [4.78, 5) is 11.3. The first-order valence-electron chi connectivity index (χ1n) is 4.36. The van der Waals surface area contributed by atoms with Crippen molar-refractivity contribution in [3.63, 3.8) is 0 Å². The first-order valence-corrected chi connectivity index (χ1v) is 5.52. The van der Waals surface area contributed by atoms with Crippen LogP contribution in [0.2, 0.25) is 0 Å². The minimum atomic E-state index is 0.0306. The molecule has 0 fully saturated rings. The van der Waals surface area contributed by atoms with E-state index in [1.54, 1.807) is 17.8 Å². The first kappa shape index (κ1) is 10.9. The minimum Gasteiger partial charge on any atom is -0.325 e. The van der Waals surface area contributed by atoms with Gasteiger partial charge in [0.1, 0.15) is 0 Å². The van der Waals surface area contributed by atoms with E-state index in [-0.39, 0.29) is 5.91 Å². The SMILES string of the molecule is C=CCSCC(=O)Nc1ccccc1. The topological polar surface area (TPSA) is 29.1 Å². The molecule has 74 valence electrons. The maximum Gasteiger partial charge on any atom is 0.234 e. The zero-order valence-electron chi connectivity index (χ0n) is 7.90. The van der Waals surface area contributed by atoms with Crippen molar-refractivity contribution in [3.8, 4) is 0 Å². The Labute approximate surface area is 88.4 Å². The molecule has 3 heteroatoms. The van der Waals surface area contributed by atoms with Gasteiger partial charge in [-0.3, -0.25) is 4.79 Å². The quantitative estimate of drug-likeness (QED) is 0.594. The Morgan fingerprint density at radius 2 is 2.14 bits per heavy atom. The second kappa shape index (κ2) is 6.27. The highest BCUT2D eigenvalue weighted by Crippen LogP contribution is 2.06. The third kappa shape index (κ3) is 4.14. The van der Waals surface area contributed by atoms with Crippen LogP contribution in [0.1, 0.15) is 0 Å². The van der Waals surface area contributed by atoms with Gasteiger partial charge < -0.3 is 5.32 Å². The number of anilines is 1. The summed E-state index contributed by atoms with van der Waals surface area (Å²) in [5.41, 5.74) is 0.844. The molecule has 1 aromatic rings. The second-order valence-corrected chi connectivity index (χ2v) is 3.75. The van der Waals surface area contributed by atoms with Crippen LogP contribution in [0.5, 0.6) is 0 Å². The summed E-state index contributed by atoms with van der Waals surface area (Å²) in [6.45, 7) is 3.59. The molecule has 1 N–H and O–H groups in total. The van der Waals surface area contributed by atoms with E-state index in [0.717, 1.165) is 11.4 Å². The molecule has 0 saturated carbocycles. The lowest BCUT2D eigenvalue weighted by Crippen LogP contribution is -2.13. The van der Waals surface area contributed by atoms with E-state index < -0.39 is 0 Å². The molecule has 0 aromatic heterocycles. The summed E-state index contributed by atoms with van der Waals surface area (Å²) in [5, 5.41) is 2.81. The van der Waals surface area contributed by atoms with Gasteiger partial charge in [-0.15, -0.1) is 18.3 Å². The standard InChI is InChI=1S/C11H13NOS/c1-2-8-14-9-11(13)12-10-6-4-3-5-7-10/h2-7H,1,8-9H2,(H,12,13). The van der Waals surface area contributed by atoms with Crippen LogP contribution in [0.15, 0.2) is 43.0 Å². The van der Waals surface area contributed by atoms with Gasteiger partial charge in [-0.2, -0.15) is 0 Å². The van der Waals surface area contributed by atoms with Gasteiger partial charge in [-0.25, -0.2) is 0 Å². The highest BCUT2D eigenvalue weighted by Gasteiger charge is 2.00. The molecule has 0 aliphatic carbocycles. The Balaban J connectivity index is 2.31. The van der Waals surface area contributed by atoms with Crippen molar-refractivity contribution < 1.29 is 4.79 Å². The van der Waals surface area contributed by atoms with E-state index in [1.165, 1.54) is 0 Å². The molecule has 0 heterocycles. The molecule has 1 aromatic carbocycles. The number of para-hydroxylation sites is 1. The molecule has 0 saturated heterocycles. The van der Waals surface area contributed by atoms with Gasteiger partial charge in [-0.05, 0) is 12.1 Å². The van der Waals surface area contributed by atoms with Crippen LogP contribution in [-0.2, 0) is 4.79 Å². The summed E-state index contributed by atoms with van der Waals surface area (Å²) in [7, 11) is 0. The van der Waals surface area contributed by atoms with Crippen molar-refractivity contribution in [2.45, 2.75) is 0 Å². The molecule has 1 rings (SSSR count). The van der Waals surface area contributed by atoms with Crippen molar-refractivity contribution >= 4 is 23.4 Å². The van der Waals surface area contributed by atoms with Gasteiger partial charge in [0.2, 0.25) is 5.91 Å². The largest absolute Gasteiger partial charge is 0.325 e. The monoisotopic (exact) mass is 207 g/mol. The van der Waals surface area contributed by atoms with Crippen LogP contribution in [0.3, 0.4) is 0 Å². The van der Waals surface area contributed by atoms with E-state index in [0.29, 0.717) is 5.75 Å². The molecule has 0 spiro atoms. The molecule has 0 bridgehead atoms. The number of rotatable bonds is 5. The summed E-state index contributed by atoms with van der Waals surface area (Å²) < 4.78 is 0. The third-order valence-electron chi connectivity index (χ3n) is 1.53. The van der Waals surface area contributed by atoms with Crippen molar-refractivity contribution in [1.82, 2.24) is 0 Å². The van der Waals surface area contributed by atoms with Crippen LogP contribution in [0, 0.1) is 0 Å². The Bertz CT molecular complexity index is 297. The van der Waals surface area contributed by atoms with E-state index in [1.807, 2.05) is 30.3 Å². The Morgan fingerprint density at radius 1 is 1.43 bits per heavy atom. The van der Waals surface area contributed by atoms with E-state index in [4.69, 9.17) is 0 Å². The van der Waals surface area contributed by atoms with Gasteiger partial charge in [0, 0.05) is 11.4 Å². The molecule has 0 unspecified atom stereocenters. The van der Waals surface area contributed by atoms with E-state index in [9.17, 15) is 4.79 Å². The summed E-state index contributed by atoms with van der Waals surface area (Å²) in [6, 6.07) is 9.45. The van der Waals surface area contributed by atoms with Gasteiger partial charge in [0.05, 0.1) is 5.75 Å². The number of thioether (sulfide) groups is 1. The van der Waals surface area contributed by atoms with Crippen LogP contribution >= 0.6 is 11.8 Å². The number of hydrogen-bond acceptors (Lipinski definition) is 2. The molecular formula is C11H13NOS. The Hall–Kier alpha value is -1.22. The molecule has 0 aliphatic heterocycles. The fourth-order valence-electron chi connectivity index (χ4n) is 0.954. The molecule has 0 radical (unpaired) electrons. The lowest BCUT2D eigenvalue weighted by atomic mass is 10.3. The number of carbonyl (C=O) groups excluding carboxylic acids is 1. The van der Waals surface area contributed by atoms with Crippen LogP contribution in [0.25, 0.3) is 0 Å². The zero-order chi connectivity index (χ0) is 10.2. The molecule has 0 atom stereocenters. The fraction of sp³-hybridized carbons (Fsp3) is 0.182. The average Bonchev–Trinajstić information content (AvgIpc) is 2.20. The maximum atomic E-state index is 11.3. The highest BCUT2D eigenvalue weighted by atomic mass is 32.2. The van der Waals surface area contributed by atoms with Crippen molar-refractivity contribution in [3.05, 3.63) is 43.0 Å². The predicted octanol–water partition coefficient (Wildman–Crippen LogP) is 2.54. The van der Waals surface area contributed by atoms with Crippen molar-refractivity contribution in [2.75, 3.05) is 16.8 Å². The molecule has 1 amide bonds. The summed E-state index contributed by atoms with van der Waals surface area (Å²) >= 11 is 1.55.